The zero-order valence-corrected chi connectivity index (χ0v) is 17.4. The van der Waals surface area contributed by atoms with Crippen LogP contribution in [-0.2, 0) is 16.0 Å². The second kappa shape index (κ2) is 8.14. The molecule has 0 fully saturated rings. The van der Waals surface area contributed by atoms with Gasteiger partial charge in [-0.2, -0.15) is 0 Å². The van der Waals surface area contributed by atoms with E-state index in [2.05, 4.69) is 9.97 Å². The summed E-state index contributed by atoms with van der Waals surface area (Å²) >= 11 is 0.804. The van der Waals surface area contributed by atoms with Crippen LogP contribution in [0.2, 0.25) is 0 Å². The molecule has 160 valence electrons. The standard InChI is InChI=1S/C22H17F3N2O3S/c1-3-30-22(29)13(12-7-11-5-4-10(2)6-16(11)26-21(12)28)8-17-27-19-18(25)14(23)9-15(24)20(19)31-17/h4-7,9,13H,3,8H2,1-2H3,(H,26,28). The molecule has 0 radical (unpaired) electrons. The molecule has 31 heavy (non-hydrogen) atoms. The van der Waals surface area contributed by atoms with Gasteiger partial charge < -0.3 is 9.72 Å². The van der Waals surface area contributed by atoms with Gasteiger partial charge in [-0.05, 0) is 36.9 Å². The van der Waals surface area contributed by atoms with Gasteiger partial charge in [0.25, 0.3) is 5.56 Å². The summed E-state index contributed by atoms with van der Waals surface area (Å²) in [6.45, 7) is 3.61. The Morgan fingerprint density at radius 1 is 1.19 bits per heavy atom. The number of nitrogens with one attached hydrogen (secondary N) is 1. The van der Waals surface area contributed by atoms with E-state index in [0.29, 0.717) is 11.6 Å². The molecule has 4 rings (SSSR count). The summed E-state index contributed by atoms with van der Waals surface area (Å²) < 4.78 is 46.6. The third kappa shape index (κ3) is 3.93. The first kappa shape index (κ1) is 21.0. The number of aromatic amines is 1. The molecule has 0 aliphatic carbocycles. The maximum atomic E-state index is 14.1. The number of ether oxygens (including phenoxy) is 1. The number of rotatable bonds is 5. The van der Waals surface area contributed by atoms with Gasteiger partial charge in [-0.25, -0.2) is 18.2 Å². The Morgan fingerprint density at radius 2 is 1.97 bits per heavy atom. The van der Waals surface area contributed by atoms with Crippen molar-refractivity contribution in [3.63, 3.8) is 0 Å². The topological polar surface area (TPSA) is 72.0 Å². The van der Waals surface area contributed by atoms with Crippen molar-refractivity contribution in [2.45, 2.75) is 26.2 Å². The van der Waals surface area contributed by atoms with Crippen LogP contribution in [0.5, 0.6) is 0 Å². The molecule has 0 saturated carbocycles. The van der Waals surface area contributed by atoms with E-state index < -0.39 is 40.4 Å². The van der Waals surface area contributed by atoms with Gasteiger partial charge in [0.2, 0.25) is 0 Å². The fourth-order valence-corrected chi connectivity index (χ4v) is 4.45. The number of halogens is 3. The van der Waals surface area contributed by atoms with E-state index in [1.165, 1.54) is 0 Å². The van der Waals surface area contributed by atoms with Gasteiger partial charge in [0, 0.05) is 23.6 Å². The second-order valence-corrected chi connectivity index (χ2v) is 8.18. The third-order valence-corrected chi connectivity index (χ3v) is 6.00. The normalized spacial score (nSPS) is 12.4. The van der Waals surface area contributed by atoms with E-state index >= 15 is 0 Å². The highest BCUT2D eigenvalue weighted by atomic mass is 32.1. The van der Waals surface area contributed by atoms with Crippen LogP contribution in [0.3, 0.4) is 0 Å². The number of fused-ring (bicyclic) bond motifs is 2. The van der Waals surface area contributed by atoms with Crippen molar-refractivity contribution in [1.29, 1.82) is 0 Å². The van der Waals surface area contributed by atoms with Crippen molar-refractivity contribution in [3.05, 3.63) is 74.3 Å². The molecule has 1 unspecified atom stereocenters. The van der Waals surface area contributed by atoms with E-state index in [-0.39, 0.29) is 28.3 Å². The smallest absolute Gasteiger partial charge is 0.314 e. The Balaban J connectivity index is 1.81. The lowest BCUT2D eigenvalue weighted by Crippen LogP contribution is -2.25. The summed E-state index contributed by atoms with van der Waals surface area (Å²) in [5.74, 6) is -5.25. The fourth-order valence-electron chi connectivity index (χ4n) is 3.44. The Labute approximate surface area is 178 Å². The number of pyridine rings is 1. The van der Waals surface area contributed by atoms with Crippen molar-refractivity contribution in [2.24, 2.45) is 0 Å². The van der Waals surface area contributed by atoms with Crippen molar-refractivity contribution in [2.75, 3.05) is 6.61 Å². The minimum Gasteiger partial charge on any atom is -0.466 e. The Kier molecular flexibility index (Phi) is 5.53. The number of esters is 1. The predicted octanol–water partition coefficient (Wildman–Crippen LogP) is 4.75. The summed E-state index contributed by atoms with van der Waals surface area (Å²) in [4.78, 5) is 32.2. The summed E-state index contributed by atoms with van der Waals surface area (Å²) in [6.07, 6.45) is -0.126. The van der Waals surface area contributed by atoms with Crippen LogP contribution in [0.25, 0.3) is 21.1 Å². The largest absolute Gasteiger partial charge is 0.466 e. The number of H-pyrrole nitrogens is 1. The maximum absolute atomic E-state index is 14.1. The highest BCUT2D eigenvalue weighted by Crippen LogP contribution is 2.32. The average molecular weight is 446 g/mol. The lowest BCUT2D eigenvalue weighted by atomic mass is 9.95. The van der Waals surface area contributed by atoms with Gasteiger partial charge in [0.1, 0.15) is 11.3 Å². The van der Waals surface area contributed by atoms with Gasteiger partial charge in [-0.3, -0.25) is 9.59 Å². The van der Waals surface area contributed by atoms with Gasteiger partial charge in [-0.15, -0.1) is 11.3 Å². The number of carbonyl (C=O) groups is 1. The number of carbonyl (C=O) groups excluding carboxylic acids is 1. The van der Waals surface area contributed by atoms with Gasteiger partial charge in [0.05, 0.1) is 22.2 Å². The van der Waals surface area contributed by atoms with Crippen LogP contribution in [0, 0.1) is 24.4 Å². The summed E-state index contributed by atoms with van der Waals surface area (Å²) in [7, 11) is 0. The van der Waals surface area contributed by atoms with Gasteiger partial charge in [0.15, 0.2) is 11.6 Å². The number of hydrogen-bond acceptors (Lipinski definition) is 5. The molecule has 2 heterocycles. The molecule has 4 aromatic rings. The zero-order valence-electron chi connectivity index (χ0n) is 16.6. The number of nitrogens with zero attached hydrogens (tertiary/aromatic N) is 1. The second-order valence-electron chi connectivity index (χ2n) is 7.09. The lowest BCUT2D eigenvalue weighted by molar-refractivity contribution is -0.145. The lowest BCUT2D eigenvalue weighted by Gasteiger charge is -2.15. The fraction of sp³-hybridized carbons (Fsp3) is 0.227. The van der Waals surface area contributed by atoms with Crippen LogP contribution in [-0.4, -0.2) is 22.5 Å². The average Bonchev–Trinajstić information content (AvgIpc) is 3.15. The summed E-state index contributed by atoms with van der Waals surface area (Å²) in [5.41, 5.74) is 0.824. The first-order valence-electron chi connectivity index (χ1n) is 9.51. The molecule has 1 atom stereocenters. The van der Waals surface area contributed by atoms with Crippen LogP contribution in [0.4, 0.5) is 13.2 Å². The molecule has 0 spiro atoms. The van der Waals surface area contributed by atoms with Crippen LogP contribution < -0.4 is 5.56 Å². The number of benzene rings is 2. The number of aromatic nitrogens is 2. The Hall–Kier alpha value is -3.20. The molecule has 0 aliphatic heterocycles. The summed E-state index contributed by atoms with van der Waals surface area (Å²) in [5, 5.41) is 0.901. The minimum absolute atomic E-state index is 0.0916. The van der Waals surface area contributed by atoms with E-state index in [9.17, 15) is 22.8 Å². The van der Waals surface area contributed by atoms with Crippen molar-refractivity contribution in [1.82, 2.24) is 9.97 Å². The minimum atomic E-state index is -1.34. The number of aryl methyl sites for hydroxylation is 1. The molecule has 9 heteroatoms. The molecule has 1 N–H and O–H groups in total. The molecule has 5 nitrogen and oxygen atoms in total. The molecular formula is C22H17F3N2O3S. The SMILES string of the molecule is CCOC(=O)C(Cc1nc2c(F)c(F)cc(F)c2s1)c1cc2ccc(C)cc2[nH]c1=O. The van der Waals surface area contributed by atoms with Crippen molar-refractivity contribution < 1.29 is 22.7 Å². The number of thiazole rings is 1. The summed E-state index contributed by atoms with van der Waals surface area (Å²) in [6, 6.07) is 7.56. The quantitative estimate of drug-likeness (QED) is 0.355. The van der Waals surface area contributed by atoms with E-state index in [1.54, 1.807) is 13.0 Å². The van der Waals surface area contributed by atoms with E-state index in [4.69, 9.17) is 4.74 Å². The van der Waals surface area contributed by atoms with Crippen molar-refractivity contribution >= 4 is 38.4 Å². The number of hydrogen-bond donors (Lipinski definition) is 1. The van der Waals surface area contributed by atoms with E-state index in [0.717, 1.165) is 22.3 Å². The Morgan fingerprint density at radius 3 is 2.71 bits per heavy atom. The first-order valence-corrected chi connectivity index (χ1v) is 10.3. The third-order valence-electron chi connectivity index (χ3n) is 4.91. The Bertz CT molecular complexity index is 1380. The van der Waals surface area contributed by atoms with Crippen LogP contribution in [0.15, 0.2) is 35.1 Å². The predicted molar refractivity (Wildman–Crippen MR) is 112 cm³/mol. The first-order chi connectivity index (χ1) is 14.8. The van der Waals surface area contributed by atoms with Gasteiger partial charge >= 0.3 is 5.97 Å². The molecule has 0 saturated heterocycles. The van der Waals surface area contributed by atoms with Gasteiger partial charge in [-0.1, -0.05) is 12.1 Å². The monoisotopic (exact) mass is 446 g/mol. The molecule has 2 aromatic carbocycles. The molecule has 0 bridgehead atoms. The van der Waals surface area contributed by atoms with E-state index in [1.807, 2.05) is 25.1 Å². The van der Waals surface area contributed by atoms with Crippen molar-refractivity contribution in [3.8, 4) is 0 Å². The molecule has 0 amide bonds. The molecule has 0 aliphatic rings. The molecular weight excluding hydrogens is 429 g/mol. The van der Waals surface area contributed by atoms with Crippen LogP contribution >= 0.6 is 11.3 Å². The molecule has 2 aromatic heterocycles. The maximum Gasteiger partial charge on any atom is 0.314 e. The van der Waals surface area contributed by atoms with Crippen LogP contribution in [0.1, 0.15) is 29.0 Å². The highest BCUT2D eigenvalue weighted by Gasteiger charge is 2.28. The zero-order chi connectivity index (χ0) is 22.3. The highest BCUT2D eigenvalue weighted by molar-refractivity contribution is 7.18.